The Labute approximate surface area is 209 Å². The van der Waals surface area contributed by atoms with Gasteiger partial charge in [0.1, 0.15) is 5.75 Å². The molecule has 0 saturated heterocycles. The summed E-state index contributed by atoms with van der Waals surface area (Å²) in [5.41, 5.74) is 1.17. The summed E-state index contributed by atoms with van der Waals surface area (Å²) in [4.78, 5) is 24.8. The number of carbonyl (C=O) groups excluding carboxylic acids is 2. The fraction of sp³-hybridized carbons (Fsp3) is 0.200. The van der Waals surface area contributed by atoms with Crippen LogP contribution in [0.2, 0.25) is 0 Å². The van der Waals surface area contributed by atoms with Crippen molar-refractivity contribution in [2.75, 3.05) is 38.0 Å². The Kier molecular flexibility index (Phi) is 8.38. The summed E-state index contributed by atoms with van der Waals surface area (Å²) in [6, 6.07) is 15.7. The second kappa shape index (κ2) is 11.5. The Hall–Kier alpha value is -4.25. The van der Waals surface area contributed by atoms with Gasteiger partial charge in [0.15, 0.2) is 18.1 Å². The van der Waals surface area contributed by atoms with E-state index in [1.807, 2.05) is 0 Å². The van der Waals surface area contributed by atoms with E-state index in [-0.39, 0.29) is 16.1 Å². The molecule has 0 fully saturated rings. The first-order valence-corrected chi connectivity index (χ1v) is 12.1. The molecule has 36 heavy (non-hydrogen) atoms. The minimum atomic E-state index is -3.80. The molecule has 0 aliphatic heterocycles. The number of amides is 1. The number of aryl methyl sites for hydroxylation is 1. The molecule has 0 bridgehead atoms. The SMILES string of the molecule is COC(=O)c1cc(OC)c(OC)cc1NC(=O)COc1ccc(S(=O)(=O)Nc2ccccc2)cc1C. The maximum absolute atomic E-state index is 12.7. The normalized spacial score (nSPS) is 10.8. The van der Waals surface area contributed by atoms with E-state index in [9.17, 15) is 18.0 Å². The highest BCUT2D eigenvalue weighted by Crippen LogP contribution is 2.34. The van der Waals surface area contributed by atoms with Crippen molar-refractivity contribution in [3.63, 3.8) is 0 Å². The van der Waals surface area contributed by atoms with Gasteiger partial charge < -0.3 is 24.3 Å². The molecule has 0 aliphatic rings. The van der Waals surface area contributed by atoms with E-state index in [0.717, 1.165) is 0 Å². The van der Waals surface area contributed by atoms with Crippen LogP contribution in [0.1, 0.15) is 15.9 Å². The lowest BCUT2D eigenvalue weighted by Gasteiger charge is -2.15. The lowest BCUT2D eigenvalue weighted by atomic mass is 10.1. The van der Waals surface area contributed by atoms with E-state index in [2.05, 4.69) is 10.0 Å². The van der Waals surface area contributed by atoms with Gasteiger partial charge in [-0.05, 0) is 42.8 Å². The van der Waals surface area contributed by atoms with Crippen LogP contribution in [0.5, 0.6) is 17.2 Å². The molecule has 3 aromatic carbocycles. The molecule has 0 saturated carbocycles. The van der Waals surface area contributed by atoms with Crippen LogP contribution in [0.25, 0.3) is 0 Å². The van der Waals surface area contributed by atoms with E-state index in [4.69, 9.17) is 18.9 Å². The molecule has 0 aliphatic carbocycles. The number of para-hydroxylation sites is 1. The van der Waals surface area contributed by atoms with Gasteiger partial charge in [0.2, 0.25) is 0 Å². The molecule has 3 aromatic rings. The van der Waals surface area contributed by atoms with E-state index in [1.54, 1.807) is 37.3 Å². The third-order valence-corrected chi connectivity index (χ3v) is 6.42. The second-order valence-electron chi connectivity index (χ2n) is 7.48. The molecule has 0 unspecified atom stereocenters. The molecule has 0 aromatic heterocycles. The van der Waals surface area contributed by atoms with Gasteiger partial charge in [-0.1, -0.05) is 18.2 Å². The quantitative estimate of drug-likeness (QED) is 0.393. The van der Waals surface area contributed by atoms with Gasteiger partial charge >= 0.3 is 5.97 Å². The first kappa shape index (κ1) is 26.4. The minimum Gasteiger partial charge on any atom is -0.493 e. The summed E-state index contributed by atoms with van der Waals surface area (Å²) < 4.78 is 48.6. The molecule has 0 atom stereocenters. The summed E-state index contributed by atoms with van der Waals surface area (Å²) >= 11 is 0. The van der Waals surface area contributed by atoms with E-state index in [0.29, 0.717) is 28.5 Å². The molecule has 10 nitrogen and oxygen atoms in total. The molecular formula is C25H26N2O8S. The Balaban J connectivity index is 1.72. The molecule has 2 N–H and O–H groups in total. The van der Waals surface area contributed by atoms with Gasteiger partial charge in [-0.15, -0.1) is 0 Å². The van der Waals surface area contributed by atoms with Gasteiger partial charge in [0.05, 0.1) is 37.5 Å². The summed E-state index contributed by atoms with van der Waals surface area (Å²) in [6.45, 7) is 1.27. The fourth-order valence-corrected chi connectivity index (χ4v) is 4.41. The average Bonchev–Trinajstić information content (AvgIpc) is 2.87. The molecule has 0 spiro atoms. The maximum Gasteiger partial charge on any atom is 0.340 e. The number of sulfonamides is 1. The maximum atomic E-state index is 12.7. The molecule has 190 valence electrons. The zero-order chi connectivity index (χ0) is 26.3. The zero-order valence-electron chi connectivity index (χ0n) is 20.2. The lowest BCUT2D eigenvalue weighted by molar-refractivity contribution is -0.118. The van der Waals surface area contributed by atoms with Gasteiger partial charge in [-0.25, -0.2) is 13.2 Å². The Bertz CT molecular complexity index is 1360. The van der Waals surface area contributed by atoms with Crippen LogP contribution in [0, 0.1) is 6.92 Å². The first-order chi connectivity index (χ1) is 17.2. The number of esters is 1. The van der Waals surface area contributed by atoms with Gasteiger partial charge in [0.25, 0.3) is 15.9 Å². The first-order valence-electron chi connectivity index (χ1n) is 10.6. The summed E-state index contributed by atoms with van der Waals surface area (Å²) in [5, 5.41) is 2.60. The van der Waals surface area contributed by atoms with E-state index < -0.39 is 28.5 Å². The Morgan fingerprint density at radius 2 is 1.53 bits per heavy atom. The highest BCUT2D eigenvalue weighted by Gasteiger charge is 2.20. The number of anilines is 2. The minimum absolute atomic E-state index is 0.0497. The van der Waals surface area contributed by atoms with Crippen molar-refractivity contribution in [3.05, 3.63) is 71.8 Å². The number of hydrogen-bond acceptors (Lipinski definition) is 8. The molecule has 11 heteroatoms. The van der Waals surface area contributed by atoms with Gasteiger partial charge in [0, 0.05) is 17.8 Å². The fourth-order valence-electron chi connectivity index (χ4n) is 3.26. The van der Waals surface area contributed by atoms with Crippen LogP contribution >= 0.6 is 0 Å². The topological polar surface area (TPSA) is 129 Å². The van der Waals surface area contributed by atoms with Crippen LogP contribution in [0.4, 0.5) is 11.4 Å². The Morgan fingerprint density at radius 1 is 0.861 bits per heavy atom. The summed E-state index contributed by atoms with van der Waals surface area (Å²) in [5.74, 6) is -0.319. The van der Waals surface area contributed by atoms with Crippen molar-refractivity contribution in [1.29, 1.82) is 0 Å². The highest BCUT2D eigenvalue weighted by molar-refractivity contribution is 7.92. The molecular weight excluding hydrogens is 488 g/mol. The third kappa shape index (κ3) is 6.25. The molecule has 1 amide bonds. The van der Waals surface area contributed by atoms with Crippen LogP contribution in [-0.2, 0) is 19.6 Å². The number of methoxy groups -OCH3 is 3. The van der Waals surface area contributed by atoms with Crippen molar-refractivity contribution in [1.82, 2.24) is 0 Å². The van der Waals surface area contributed by atoms with Gasteiger partial charge in [-0.3, -0.25) is 9.52 Å². The summed E-state index contributed by atoms with van der Waals surface area (Å²) in [7, 11) is 0.256. The van der Waals surface area contributed by atoms with Crippen molar-refractivity contribution < 1.29 is 37.0 Å². The van der Waals surface area contributed by atoms with Crippen LogP contribution in [0.3, 0.4) is 0 Å². The van der Waals surface area contributed by atoms with Gasteiger partial charge in [-0.2, -0.15) is 0 Å². The number of nitrogens with one attached hydrogen (secondary N) is 2. The smallest absolute Gasteiger partial charge is 0.340 e. The number of ether oxygens (including phenoxy) is 4. The number of rotatable bonds is 10. The summed E-state index contributed by atoms with van der Waals surface area (Å²) in [6.07, 6.45) is 0. The lowest BCUT2D eigenvalue weighted by Crippen LogP contribution is -2.22. The van der Waals surface area contributed by atoms with Crippen molar-refractivity contribution in [2.45, 2.75) is 11.8 Å². The molecule has 3 rings (SSSR count). The van der Waals surface area contributed by atoms with Crippen molar-refractivity contribution in [3.8, 4) is 17.2 Å². The van der Waals surface area contributed by atoms with Crippen LogP contribution < -0.4 is 24.2 Å². The highest BCUT2D eigenvalue weighted by atomic mass is 32.2. The average molecular weight is 515 g/mol. The number of carbonyl (C=O) groups is 2. The third-order valence-electron chi connectivity index (χ3n) is 5.04. The van der Waals surface area contributed by atoms with E-state index >= 15 is 0 Å². The zero-order valence-corrected chi connectivity index (χ0v) is 21.0. The predicted octanol–water partition coefficient (Wildman–Crippen LogP) is 3.62. The standard InChI is InChI=1S/C25H26N2O8S/c1-16-12-18(36(30,31)27-17-8-6-5-7-9-17)10-11-21(16)35-15-24(28)26-20-14-23(33-3)22(32-2)13-19(20)25(29)34-4/h5-14,27H,15H2,1-4H3,(H,26,28). The molecule has 0 radical (unpaired) electrons. The monoisotopic (exact) mass is 514 g/mol. The van der Waals surface area contributed by atoms with E-state index in [1.165, 1.54) is 51.7 Å². The van der Waals surface area contributed by atoms with Crippen molar-refractivity contribution in [2.24, 2.45) is 0 Å². The van der Waals surface area contributed by atoms with Crippen LogP contribution in [-0.4, -0.2) is 48.2 Å². The largest absolute Gasteiger partial charge is 0.493 e. The number of benzene rings is 3. The van der Waals surface area contributed by atoms with Crippen molar-refractivity contribution >= 4 is 33.3 Å². The molecule has 0 heterocycles. The predicted molar refractivity (Wildman–Crippen MR) is 133 cm³/mol. The number of hydrogen-bond donors (Lipinski definition) is 2. The van der Waals surface area contributed by atoms with Crippen LogP contribution in [0.15, 0.2) is 65.6 Å². The second-order valence-corrected chi connectivity index (χ2v) is 9.16. The Morgan fingerprint density at radius 3 is 2.14 bits per heavy atom.